The molecule has 130 valence electrons. The van der Waals surface area contributed by atoms with Crippen LogP contribution in [-0.4, -0.2) is 56.4 Å². The van der Waals surface area contributed by atoms with Crippen LogP contribution in [0.25, 0.3) is 10.8 Å². The number of hydrogen-bond donors (Lipinski definition) is 1. The fourth-order valence-electron chi connectivity index (χ4n) is 3.13. The maximum Gasteiger partial charge on any atom is 0.243 e. The summed E-state index contributed by atoms with van der Waals surface area (Å²) >= 11 is 0. The van der Waals surface area contributed by atoms with Gasteiger partial charge in [0.2, 0.25) is 10.0 Å². The molecule has 8 heteroatoms. The standard InChI is InChI=1S/C16H19NO5S2/c1-2-17(15-10-23(19,20)11-16(15)18)24(21,22)14-8-7-12-5-3-4-6-13(12)9-14/h3-9,15-16,18H,2,10-11H2,1H3/t15-,16+/m0/s1. The maximum absolute atomic E-state index is 13.0. The van der Waals surface area contributed by atoms with E-state index in [0.29, 0.717) is 0 Å². The second-order valence-electron chi connectivity index (χ2n) is 5.93. The van der Waals surface area contributed by atoms with E-state index in [1.165, 1.54) is 6.07 Å². The molecule has 0 unspecified atom stereocenters. The van der Waals surface area contributed by atoms with Gasteiger partial charge < -0.3 is 5.11 Å². The highest BCUT2D eigenvalue weighted by Gasteiger charge is 2.44. The molecule has 0 spiro atoms. The molecule has 1 N–H and O–H groups in total. The Balaban J connectivity index is 2.03. The number of nitrogens with zero attached hydrogens (tertiary/aromatic N) is 1. The minimum Gasteiger partial charge on any atom is -0.390 e. The SMILES string of the molecule is CCN([C@H]1CS(=O)(=O)C[C@H]1O)S(=O)(=O)c1ccc2ccccc2c1. The largest absolute Gasteiger partial charge is 0.390 e. The van der Waals surface area contributed by atoms with Gasteiger partial charge >= 0.3 is 0 Å². The van der Waals surface area contributed by atoms with Crippen LogP contribution in [0, 0.1) is 0 Å². The summed E-state index contributed by atoms with van der Waals surface area (Å²) in [5.41, 5.74) is 0. The Morgan fingerprint density at radius 1 is 1.12 bits per heavy atom. The number of sulfonamides is 1. The number of aliphatic hydroxyl groups is 1. The van der Waals surface area contributed by atoms with Gasteiger partial charge in [0, 0.05) is 6.54 Å². The van der Waals surface area contributed by atoms with Crippen molar-refractivity contribution < 1.29 is 21.9 Å². The van der Waals surface area contributed by atoms with E-state index in [0.717, 1.165) is 15.1 Å². The van der Waals surface area contributed by atoms with Crippen molar-refractivity contribution >= 4 is 30.6 Å². The van der Waals surface area contributed by atoms with E-state index >= 15 is 0 Å². The van der Waals surface area contributed by atoms with Crippen molar-refractivity contribution in [3.05, 3.63) is 42.5 Å². The molecule has 2 aromatic carbocycles. The lowest BCUT2D eigenvalue weighted by Crippen LogP contribution is -2.46. The van der Waals surface area contributed by atoms with Crippen LogP contribution in [0.15, 0.2) is 47.4 Å². The van der Waals surface area contributed by atoms with Crippen LogP contribution in [0.1, 0.15) is 6.92 Å². The molecule has 0 amide bonds. The van der Waals surface area contributed by atoms with Gasteiger partial charge in [-0.05, 0) is 22.9 Å². The second-order valence-corrected chi connectivity index (χ2v) is 9.97. The van der Waals surface area contributed by atoms with Gasteiger partial charge in [-0.15, -0.1) is 0 Å². The van der Waals surface area contributed by atoms with Gasteiger partial charge in [0.15, 0.2) is 9.84 Å². The van der Waals surface area contributed by atoms with Gasteiger partial charge in [0.25, 0.3) is 0 Å². The summed E-state index contributed by atoms with van der Waals surface area (Å²) in [6.45, 7) is 1.72. The smallest absolute Gasteiger partial charge is 0.243 e. The molecule has 0 aliphatic carbocycles. The average molecular weight is 369 g/mol. The zero-order chi connectivity index (χ0) is 17.5. The fraction of sp³-hybridized carbons (Fsp3) is 0.375. The van der Waals surface area contributed by atoms with Crippen LogP contribution < -0.4 is 0 Å². The lowest BCUT2D eigenvalue weighted by Gasteiger charge is -2.28. The quantitative estimate of drug-likeness (QED) is 0.868. The molecule has 1 saturated heterocycles. The second kappa shape index (κ2) is 6.11. The molecular formula is C16H19NO5S2. The summed E-state index contributed by atoms with van der Waals surface area (Å²) in [4.78, 5) is 0.0968. The lowest BCUT2D eigenvalue weighted by molar-refractivity contribution is 0.130. The number of sulfone groups is 1. The fourth-order valence-corrected chi connectivity index (χ4v) is 6.73. The average Bonchev–Trinajstić information content (AvgIpc) is 2.80. The highest BCUT2D eigenvalue weighted by Crippen LogP contribution is 2.27. The minimum absolute atomic E-state index is 0.0897. The number of aliphatic hydroxyl groups excluding tert-OH is 1. The van der Waals surface area contributed by atoms with Crippen LogP contribution in [0.3, 0.4) is 0 Å². The molecule has 2 atom stereocenters. The first-order chi connectivity index (χ1) is 11.2. The van der Waals surface area contributed by atoms with Gasteiger partial charge in [-0.2, -0.15) is 4.31 Å². The Labute approximate surface area is 141 Å². The third-order valence-corrected chi connectivity index (χ3v) is 8.00. The van der Waals surface area contributed by atoms with Crippen LogP contribution in [0.4, 0.5) is 0 Å². The van der Waals surface area contributed by atoms with E-state index in [2.05, 4.69) is 0 Å². The summed E-state index contributed by atoms with van der Waals surface area (Å²) < 4.78 is 50.5. The predicted molar refractivity (Wildman–Crippen MR) is 92.0 cm³/mol. The van der Waals surface area contributed by atoms with Crippen molar-refractivity contribution in [2.75, 3.05) is 18.1 Å². The molecule has 0 radical (unpaired) electrons. The zero-order valence-electron chi connectivity index (χ0n) is 13.2. The van der Waals surface area contributed by atoms with E-state index in [9.17, 15) is 21.9 Å². The molecule has 0 saturated carbocycles. The van der Waals surface area contributed by atoms with E-state index in [1.54, 1.807) is 19.1 Å². The topological polar surface area (TPSA) is 91.8 Å². The van der Waals surface area contributed by atoms with Crippen LogP contribution in [0.5, 0.6) is 0 Å². The van der Waals surface area contributed by atoms with E-state index < -0.39 is 37.8 Å². The first-order valence-corrected chi connectivity index (χ1v) is 10.9. The number of likely N-dealkylation sites (N-methyl/N-ethyl adjacent to an activating group) is 1. The van der Waals surface area contributed by atoms with Crippen molar-refractivity contribution in [3.8, 4) is 0 Å². The lowest BCUT2D eigenvalue weighted by atomic mass is 10.1. The Hall–Kier alpha value is -1.48. The normalized spacial score (nSPS) is 23.8. The van der Waals surface area contributed by atoms with Gasteiger partial charge in [0.1, 0.15) is 0 Å². The van der Waals surface area contributed by atoms with E-state index in [-0.39, 0.29) is 17.2 Å². The highest BCUT2D eigenvalue weighted by molar-refractivity contribution is 7.92. The number of benzene rings is 2. The molecule has 2 aromatic rings. The summed E-state index contributed by atoms with van der Waals surface area (Å²) in [7, 11) is -7.33. The minimum atomic E-state index is -3.90. The number of fused-ring (bicyclic) bond motifs is 1. The van der Waals surface area contributed by atoms with Gasteiger partial charge in [-0.25, -0.2) is 16.8 Å². The van der Waals surface area contributed by atoms with Crippen molar-refractivity contribution in [2.45, 2.75) is 24.0 Å². The first-order valence-electron chi connectivity index (χ1n) is 7.64. The monoisotopic (exact) mass is 369 g/mol. The first kappa shape index (κ1) is 17.3. The Bertz CT molecular complexity index is 969. The van der Waals surface area contributed by atoms with Gasteiger partial charge in [0.05, 0.1) is 28.5 Å². The van der Waals surface area contributed by atoms with Crippen LogP contribution in [0.2, 0.25) is 0 Å². The molecular weight excluding hydrogens is 350 g/mol. The molecule has 6 nitrogen and oxygen atoms in total. The summed E-state index contributed by atoms with van der Waals surface area (Å²) in [6.07, 6.45) is -1.20. The van der Waals surface area contributed by atoms with E-state index in [4.69, 9.17) is 0 Å². The molecule has 1 fully saturated rings. The third-order valence-electron chi connectivity index (χ3n) is 4.30. The summed E-state index contributed by atoms with van der Waals surface area (Å²) in [5.74, 6) is -0.754. The van der Waals surface area contributed by atoms with Crippen molar-refractivity contribution in [2.24, 2.45) is 0 Å². The molecule has 1 aliphatic rings. The Kier molecular flexibility index (Phi) is 4.41. The van der Waals surface area contributed by atoms with Gasteiger partial charge in [-0.3, -0.25) is 0 Å². The van der Waals surface area contributed by atoms with Crippen molar-refractivity contribution in [1.82, 2.24) is 4.31 Å². The third kappa shape index (κ3) is 3.06. The van der Waals surface area contributed by atoms with Crippen molar-refractivity contribution in [3.63, 3.8) is 0 Å². The molecule has 3 rings (SSSR count). The highest BCUT2D eigenvalue weighted by atomic mass is 32.2. The summed E-state index contributed by atoms with van der Waals surface area (Å²) in [6, 6.07) is 11.3. The number of hydrogen-bond acceptors (Lipinski definition) is 5. The van der Waals surface area contributed by atoms with E-state index in [1.807, 2.05) is 24.3 Å². The molecule has 24 heavy (non-hydrogen) atoms. The molecule has 1 aliphatic heterocycles. The Morgan fingerprint density at radius 3 is 2.38 bits per heavy atom. The Morgan fingerprint density at radius 2 is 1.79 bits per heavy atom. The maximum atomic E-state index is 13.0. The molecule has 0 bridgehead atoms. The predicted octanol–water partition coefficient (Wildman–Crippen LogP) is 1.01. The van der Waals surface area contributed by atoms with Crippen LogP contribution >= 0.6 is 0 Å². The summed E-state index contributed by atoms with van der Waals surface area (Å²) in [5, 5.41) is 11.7. The zero-order valence-corrected chi connectivity index (χ0v) is 14.8. The number of rotatable bonds is 4. The van der Waals surface area contributed by atoms with Crippen molar-refractivity contribution in [1.29, 1.82) is 0 Å². The van der Waals surface area contributed by atoms with Gasteiger partial charge in [-0.1, -0.05) is 37.3 Å². The molecule has 0 aromatic heterocycles. The molecule has 1 heterocycles. The van der Waals surface area contributed by atoms with Crippen LogP contribution in [-0.2, 0) is 19.9 Å².